The summed E-state index contributed by atoms with van der Waals surface area (Å²) in [6.07, 6.45) is 0. The predicted octanol–water partition coefficient (Wildman–Crippen LogP) is 6.58. The van der Waals surface area contributed by atoms with E-state index in [0.29, 0.717) is 0 Å². The first-order valence-electron chi connectivity index (χ1n) is 26.8. The monoisotopic (exact) mass is 1280 g/mol. The first-order valence-corrected chi connectivity index (χ1v) is 34.6. The fourth-order valence-corrected chi connectivity index (χ4v) is 22.3. The molecule has 0 saturated carbocycles. The molecule has 9 heteroatoms. The van der Waals surface area contributed by atoms with E-state index >= 15 is 0 Å². The molecule has 0 fully saturated rings. The molecule has 0 aliphatic rings. The maximum Gasteiger partial charge on any atom is 0.285 e. The molecule has 0 saturated heterocycles. The van der Waals surface area contributed by atoms with Crippen LogP contribution in [0.25, 0.3) is 0 Å². The van der Waals surface area contributed by atoms with Crippen molar-refractivity contribution >= 4 is 95.5 Å². The maximum absolute atomic E-state index is 11.6. The Balaban J connectivity index is 0.000000141. The maximum atomic E-state index is 11.6. The van der Waals surface area contributed by atoms with Crippen LogP contribution in [0.4, 0.5) is 0 Å². The third kappa shape index (κ3) is 13.9. The SMILES string of the molecule is O[Si](c1ccccc1)(c1ccccc1)c1ccccc1.O[Si](c1ccccc1)(c1ccccc1)c1ccccc1.O[Si](c1ccccc1)(c1ccccc1)c1ccccc1.O[Si](c1ccccc1)(c1ccccc1)c1ccccc1.[Hf]. The molecule has 4 nitrogen and oxygen atoms in total. The topological polar surface area (TPSA) is 80.9 Å². The summed E-state index contributed by atoms with van der Waals surface area (Å²) in [5, 5.41) is 12.1. The van der Waals surface area contributed by atoms with Gasteiger partial charge in [0.2, 0.25) is 0 Å². The van der Waals surface area contributed by atoms with Crippen molar-refractivity contribution in [3.05, 3.63) is 364 Å². The Morgan fingerprint density at radius 1 is 0.123 bits per heavy atom. The molecule has 0 atom stereocenters. The van der Waals surface area contributed by atoms with Crippen LogP contribution >= 0.6 is 0 Å². The van der Waals surface area contributed by atoms with Gasteiger partial charge in [-0.1, -0.05) is 364 Å². The molecule has 0 spiro atoms. The van der Waals surface area contributed by atoms with E-state index < -0.39 is 33.3 Å². The first kappa shape index (κ1) is 59.3. The third-order valence-electron chi connectivity index (χ3n) is 14.3. The summed E-state index contributed by atoms with van der Waals surface area (Å²) in [6, 6.07) is 120. The average molecular weight is 1280 g/mol. The summed E-state index contributed by atoms with van der Waals surface area (Å²) in [5.74, 6) is 0. The van der Waals surface area contributed by atoms with Crippen LogP contribution in [0.1, 0.15) is 0 Å². The molecule has 0 heterocycles. The van der Waals surface area contributed by atoms with E-state index in [4.69, 9.17) is 0 Å². The van der Waals surface area contributed by atoms with E-state index in [1.165, 1.54) is 0 Å². The molecule has 4 N–H and O–H groups in total. The van der Waals surface area contributed by atoms with Crippen LogP contribution in [0.3, 0.4) is 0 Å². The van der Waals surface area contributed by atoms with Crippen molar-refractivity contribution in [2.75, 3.05) is 0 Å². The average Bonchev–Trinajstić information content (AvgIpc) is 3.63. The van der Waals surface area contributed by atoms with Crippen LogP contribution in [0.5, 0.6) is 0 Å². The van der Waals surface area contributed by atoms with Crippen molar-refractivity contribution in [3.8, 4) is 0 Å². The Morgan fingerprint density at radius 3 is 0.247 bits per heavy atom. The molecule has 0 radical (unpaired) electrons. The van der Waals surface area contributed by atoms with Gasteiger partial charge < -0.3 is 19.2 Å². The Labute approximate surface area is 500 Å². The Morgan fingerprint density at radius 2 is 0.185 bits per heavy atom. The Hall–Kier alpha value is -7.78. The second-order valence-corrected chi connectivity index (χ2v) is 31.8. The van der Waals surface area contributed by atoms with Crippen molar-refractivity contribution in [2.45, 2.75) is 0 Å². The zero-order valence-electron chi connectivity index (χ0n) is 44.9. The first-order chi connectivity index (χ1) is 39.3. The van der Waals surface area contributed by atoms with Crippen LogP contribution < -0.4 is 62.2 Å². The summed E-state index contributed by atoms with van der Waals surface area (Å²) >= 11 is 0. The Bertz CT molecular complexity index is 2780. The molecule has 0 aliphatic carbocycles. The van der Waals surface area contributed by atoms with Gasteiger partial charge in [0.1, 0.15) is 0 Å². The minimum absolute atomic E-state index is 0. The molecule has 81 heavy (non-hydrogen) atoms. The van der Waals surface area contributed by atoms with E-state index in [1.54, 1.807) is 0 Å². The molecule has 0 aliphatic heterocycles. The van der Waals surface area contributed by atoms with Crippen LogP contribution in [-0.2, 0) is 25.8 Å². The van der Waals surface area contributed by atoms with Crippen molar-refractivity contribution < 1.29 is 45.0 Å². The number of benzene rings is 12. The van der Waals surface area contributed by atoms with Gasteiger partial charge in [-0.15, -0.1) is 0 Å². The third-order valence-corrected chi connectivity index (χ3v) is 28.3. The predicted molar refractivity (Wildman–Crippen MR) is 345 cm³/mol. The molecule has 12 rings (SSSR count). The molecule has 0 amide bonds. The molecular formula is C72H64HfO4Si4. The fraction of sp³-hybridized carbons (Fsp3) is 0. The van der Waals surface area contributed by atoms with Crippen LogP contribution in [0, 0.1) is 0 Å². The largest absolute Gasteiger partial charge is 0.421 e. The van der Waals surface area contributed by atoms with E-state index in [-0.39, 0.29) is 25.8 Å². The summed E-state index contributed by atoms with van der Waals surface area (Å²) in [7, 11) is -11.5. The van der Waals surface area contributed by atoms with E-state index in [0.717, 1.165) is 62.2 Å². The minimum Gasteiger partial charge on any atom is -0.421 e. The smallest absolute Gasteiger partial charge is 0.285 e. The number of hydrogen-bond acceptors (Lipinski definition) is 4. The van der Waals surface area contributed by atoms with Crippen molar-refractivity contribution in [2.24, 2.45) is 0 Å². The van der Waals surface area contributed by atoms with Gasteiger partial charge in [-0.3, -0.25) is 0 Å². The van der Waals surface area contributed by atoms with Gasteiger partial charge >= 0.3 is 0 Å². The molecule has 396 valence electrons. The Kier molecular flexibility index (Phi) is 21.3. The molecule has 0 aromatic heterocycles. The molecule has 12 aromatic rings. The number of rotatable bonds is 12. The van der Waals surface area contributed by atoms with Crippen LogP contribution in [-0.4, -0.2) is 52.5 Å². The molecular weight excluding hydrogens is 1220 g/mol. The van der Waals surface area contributed by atoms with Gasteiger partial charge in [-0.05, 0) is 62.2 Å². The zero-order chi connectivity index (χ0) is 55.4. The molecule has 12 aromatic carbocycles. The van der Waals surface area contributed by atoms with Gasteiger partial charge in [0.25, 0.3) is 33.3 Å². The summed E-state index contributed by atoms with van der Waals surface area (Å²) in [4.78, 5) is 46.3. The summed E-state index contributed by atoms with van der Waals surface area (Å²) in [5.41, 5.74) is 0. The van der Waals surface area contributed by atoms with Gasteiger partial charge in [-0.2, -0.15) is 0 Å². The van der Waals surface area contributed by atoms with Crippen molar-refractivity contribution in [3.63, 3.8) is 0 Å². The van der Waals surface area contributed by atoms with Crippen molar-refractivity contribution in [1.29, 1.82) is 0 Å². The fourth-order valence-electron chi connectivity index (χ4n) is 10.2. The standard InChI is InChI=1S/4C18H16OSi.Hf/c4*19-20(16-10-4-1-5-11-16,17-12-6-2-7-13-17)18-14-8-3-9-15-18;/h4*1-15,19H;. The molecule has 0 bridgehead atoms. The van der Waals surface area contributed by atoms with Gasteiger partial charge in [0.05, 0.1) is 0 Å². The second-order valence-electron chi connectivity index (χ2n) is 19.2. The van der Waals surface area contributed by atoms with E-state index in [2.05, 4.69) is 0 Å². The van der Waals surface area contributed by atoms with Crippen molar-refractivity contribution in [1.82, 2.24) is 0 Å². The van der Waals surface area contributed by atoms with Gasteiger partial charge in [0.15, 0.2) is 0 Å². The van der Waals surface area contributed by atoms with Gasteiger partial charge in [0, 0.05) is 25.8 Å². The summed E-state index contributed by atoms with van der Waals surface area (Å²) in [6.45, 7) is 0. The van der Waals surface area contributed by atoms with Crippen LogP contribution in [0.15, 0.2) is 364 Å². The van der Waals surface area contributed by atoms with Gasteiger partial charge in [-0.25, -0.2) is 0 Å². The quantitative estimate of drug-likeness (QED) is 0.0825. The van der Waals surface area contributed by atoms with E-state index in [1.807, 2.05) is 364 Å². The number of hydrogen-bond donors (Lipinski definition) is 4. The molecule has 0 unspecified atom stereocenters. The minimum atomic E-state index is -2.88. The zero-order valence-corrected chi connectivity index (χ0v) is 52.5. The second kappa shape index (κ2) is 29.1. The summed E-state index contributed by atoms with van der Waals surface area (Å²) < 4.78 is 0. The van der Waals surface area contributed by atoms with E-state index in [9.17, 15) is 19.2 Å². The van der Waals surface area contributed by atoms with Crippen LogP contribution in [0.2, 0.25) is 0 Å². The normalized spacial score (nSPS) is 11.1.